The Morgan fingerprint density at radius 2 is 1.85 bits per heavy atom. The summed E-state index contributed by atoms with van der Waals surface area (Å²) in [5, 5.41) is 0.267. The van der Waals surface area contributed by atoms with Crippen molar-refractivity contribution in [2.45, 2.75) is 18.8 Å². The molecule has 3 heterocycles. The summed E-state index contributed by atoms with van der Waals surface area (Å²) in [5.74, 6) is -0.510. The molecule has 0 spiro atoms. The number of fused-ring (bicyclic) bond motifs is 1. The zero-order valence-electron chi connectivity index (χ0n) is 17.9. The maximum atomic E-state index is 14.3. The van der Waals surface area contributed by atoms with Crippen LogP contribution in [0, 0.1) is 17.7 Å². The minimum absolute atomic E-state index is 0.0798. The topological polar surface area (TPSA) is 108 Å². The number of anilines is 1. The van der Waals surface area contributed by atoms with E-state index >= 15 is 0 Å². The fourth-order valence-corrected chi connectivity index (χ4v) is 4.77. The van der Waals surface area contributed by atoms with Gasteiger partial charge in [0.05, 0.1) is 16.6 Å². The molecule has 0 atom stereocenters. The van der Waals surface area contributed by atoms with E-state index in [1.54, 1.807) is 12.1 Å². The SMILES string of the molecule is NC(=O)c1ccc(N2CCN(CC3CC(c4nc5ccc(F)cc5c(=O)[nH]4)C3)CC2)c(F)n1. The zero-order valence-corrected chi connectivity index (χ0v) is 17.9. The van der Waals surface area contributed by atoms with E-state index in [1.165, 1.54) is 18.2 Å². The smallest absolute Gasteiger partial charge is 0.267 e. The molecule has 1 aliphatic heterocycles. The lowest BCUT2D eigenvalue weighted by Crippen LogP contribution is -2.49. The fourth-order valence-electron chi connectivity index (χ4n) is 4.77. The zero-order chi connectivity index (χ0) is 23.1. The molecule has 3 aromatic rings. The number of H-pyrrole nitrogens is 1. The van der Waals surface area contributed by atoms with E-state index in [0.29, 0.717) is 36.0 Å². The Morgan fingerprint density at radius 3 is 2.55 bits per heavy atom. The summed E-state index contributed by atoms with van der Waals surface area (Å²) in [6.07, 6.45) is 1.87. The van der Waals surface area contributed by atoms with Crippen LogP contribution < -0.4 is 16.2 Å². The number of pyridine rings is 1. The molecular formula is C23H24F2N6O2. The molecule has 0 bridgehead atoms. The van der Waals surface area contributed by atoms with Gasteiger partial charge in [0.25, 0.3) is 11.5 Å². The molecule has 0 unspecified atom stereocenters. The van der Waals surface area contributed by atoms with Gasteiger partial charge in [-0.1, -0.05) is 0 Å². The van der Waals surface area contributed by atoms with Crippen molar-refractivity contribution in [3.8, 4) is 0 Å². The van der Waals surface area contributed by atoms with Crippen molar-refractivity contribution in [1.29, 1.82) is 0 Å². The number of carbonyl (C=O) groups is 1. The van der Waals surface area contributed by atoms with Crippen LogP contribution in [0.4, 0.5) is 14.5 Å². The predicted molar refractivity (Wildman–Crippen MR) is 119 cm³/mol. The summed E-state index contributed by atoms with van der Waals surface area (Å²) in [7, 11) is 0. The summed E-state index contributed by atoms with van der Waals surface area (Å²) >= 11 is 0. The molecule has 10 heteroatoms. The summed E-state index contributed by atoms with van der Waals surface area (Å²) in [6, 6.07) is 7.07. The number of aromatic amines is 1. The van der Waals surface area contributed by atoms with Crippen molar-refractivity contribution in [3.05, 3.63) is 64.0 Å². The second-order valence-corrected chi connectivity index (χ2v) is 8.81. The van der Waals surface area contributed by atoms with E-state index in [2.05, 4.69) is 19.9 Å². The van der Waals surface area contributed by atoms with E-state index in [-0.39, 0.29) is 22.6 Å². The van der Waals surface area contributed by atoms with Crippen LogP contribution in [0.15, 0.2) is 35.1 Å². The molecule has 33 heavy (non-hydrogen) atoms. The largest absolute Gasteiger partial charge is 0.365 e. The van der Waals surface area contributed by atoms with Gasteiger partial charge >= 0.3 is 0 Å². The number of primary amides is 1. The van der Waals surface area contributed by atoms with Crippen molar-refractivity contribution in [2.75, 3.05) is 37.6 Å². The lowest BCUT2D eigenvalue weighted by molar-refractivity contribution is 0.0994. The average molecular weight is 454 g/mol. The second-order valence-electron chi connectivity index (χ2n) is 8.81. The molecule has 1 saturated heterocycles. The van der Waals surface area contributed by atoms with Gasteiger partial charge in [-0.15, -0.1) is 0 Å². The molecule has 0 radical (unpaired) electrons. The van der Waals surface area contributed by atoms with Gasteiger partial charge in [0.15, 0.2) is 0 Å². The van der Waals surface area contributed by atoms with Gasteiger partial charge < -0.3 is 15.6 Å². The predicted octanol–water partition coefficient (Wildman–Crippen LogP) is 2.01. The first-order chi connectivity index (χ1) is 15.9. The highest BCUT2D eigenvalue weighted by molar-refractivity contribution is 5.90. The Labute approximate surface area is 188 Å². The highest BCUT2D eigenvalue weighted by Gasteiger charge is 2.34. The third-order valence-electron chi connectivity index (χ3n) is 6.62. The van der Waals surface area contributed by atoms with Gasteiger partial charge in [0, 0.05) is 38.6 Å². The quantitative estimate of drug-likeness (QED) is 0.571. The Bertz CT molecular complexity index is 1270. The van der Waals surface area contributed by atoms with Gasteiger partial charge in [-0.2, -0.15) is 4.39 Å². The van der Waals surface area contributed by atoms with Gasteiger partial charge in [0.1, 0.15) is 17.3 Å². The number of nitrogens with one attached hydrogen (secondary N) is 1. The molecule has 2 aromatic heterocycles. The highest BCUT2D eigenvalue weighted by atomic mass is 19.1. The normalized spacial score (nSPS) is 21.2. The maximum Gasteiger partial charge on any atom is 0.267 e. The molecule has 5 rings (SSSR count). The van der Waals surface area contributed by atoms with E-state index < -0.39 is 17.7 Å². The Morgan fingerprint density at radius 1 is 1.09 bits per heavy atom. The number of rotatable bonds is 5. The second kappa shape index (κ2) is 8.51. The lowest BCUT2D eigenvalue weighted by atomic mass is 9.74. The number of hydrogen-bond donors (Lipinski definition) is 2. The first-order valence-corrected chi connectivity index (χ1v) is 11.0. The molecule has 172 valence electrons. The van der Waals surface area contributed by atoms with Crippen molar-refractivity contribution in [1.82, 2.24) is 19.9 Å². The van der Waals surface area contributed by atoms with Gasteiger partial charge in [-0.3, -0.25) is 14.5 Å². The molecule has 1 aliphatic carbocycles. The number of benzene rings is 1. The number of nitrogens with two attached hydrogens (primary N) is 1. The number of carbonyl (C=O) groups excluding carboxylic acids is 1. The molecule has 1 saturated carbocycles. The standard InChI is InChI=1S/C23H24F2N6O2/c24-15-1-2-17-16(11-15)23(33)29-22(28-17)14-9-13(10-14)12-30-5-7-31(8-6-30)19-4-3-18(21(26)32)27-20(19)25/h1-4,11,13-14H,5-10,12H2,(H2,26,32)(H,28,29,33). The van der Waals surface area contributed by atoms with Crippen molar-refractivity contribution >= 4 is 22.5 Å². The third-order valence-corrected chi connectivity index (χ3v) is 6.62. The fraction of sp³-hybridized carbons (Fsp3) is 0.391. The number of hydrogen-bond acceptors (Lipinski definition) is 6. The van der Waals surface area contributed by atoms with Crippen LogP contribution in [0.3, 0.4) is 0 Å². The van der Waals surface area contributed by atoms with E-state index in [9.17, 15) is 18.4 Å². The number of aromatic nitrogens is 3. The van der Waals surface area contributed by atoms with Crippen molar-refractivity contribution in [3.63, 3.8) is 0 Å². The number of amides is 1. The maximum absolute atomic E-state index is 14.3. The van der Waals surface area contributed by atoms with Gasteiger partial charge in [-0.25, -0.2) is 14.4 Å². The third kappa shape index (κ3) is 4.30. The molecule has 1 amide bonds. The minimum atomic E-state index is -0.749. The molecule has 2 aliphatic rings. The summed E-state index contributed by atoms with van der Waals surface area (Å²) in [6.45, 7) is 3.87. The Hall–Kier alpha value is -3.40. The van der Waals surface area contributed by atoms with E-state index in [0.717, 1.165) is 32.5 Å². The van der Waals surface area contributed by atoms with E-state index in [4.69, 9.17) is 5.73 Å². The number of halogens is 2. The molecule has 3 N–H and O–H groups in total. The minimum Gasteiger partial charge on any atom is -0.365 e. The van der Waals surface area contributed by atoms with E-state index in [1.807, 2.05) is 4.90 Å². The number of piperazine rings is 1. The van der Waals surface area contributed by atoms with Crippen LogP contribution >= 0.6 is 0 Å². The molecule has 1 aromatic carbocycles. The summed E-state index contributed by atoms with van der Waals surface area (Å²) in [5.41, 5.74) is 5.67. The Kier molecular flexibility index (Phi) is 5.53. The lowest BCUT2D eigenvalue weighted by Gasteiger charge is -2.41. The van der Waals surface area contributed by atoms with Crippen LogP contribution in [0.5, 0.6) is 0 Å². The average Bonchev–Trinajstić information content (AvgIpc) is 2.77. The van der Waals surface area contributed by atoms with Gasteiger partial charge in [0.2, 0.25) is 5.95 Å². The number of nitrogens with zero attached hydrogens (tertiary/aromatic N) is 4. The summed E-state index contributed by atoms with van der Waals surface area (Å²) < 4.78 is 27.7. The van der Waals surface area contributed by atoms with Gasteiger partial charge in [-0.05, 0) is 49.1 Å². The molecule has 2 fully saturated rings. The van der Waals surface area contributed by atoms with Crippen LogP contribution in [-0.2, 0) is 0 Å². The van der Waals surface area contributed by atoms with Crippen molar-refractivity contribution < 1.29 is 13.6 Å². The molecule has 8 nitrogen and oxygen atoms in total. The highest BCUT2D eigenvalue weighted by Crippen LogP contribution is 2.40. The monoisotopic (exact) mass is 454 g/mol. The van der Waals surface area contributed by atoms with Crippen LogP contribution in [0.1, 0.15) is 35.1 Å². The van der Waals surface area contributed by atoms with Crippen molar-refractivity contribution in [2.24, 2.45) is 11.7 Å². The van der Waals surface area contributed by atoms with Crippen LogP contribution in [0.25, 0.3) is 10.9 Å². The first kappa shape index (κ1) is 21.4. The molecular weight excluding hydrogens is 430 g/mol. The summed E-state index contributed by atoms with van der Waals surface area (Å²) in [4.78, 5) is 38.8. The Balaban J connectivity index is 1.14. The van der Waals surface area contributed by atoms with Crippen LogP contribution in [0.2, 0.25) is 0 Å². The first-order valence-electron chi connectivity index (χ1n) is 11.0. The van der Waals surface area contributed by atoms with Crippen LogP contribution in [-0.4, -0.2) is 58.5 Å².